The third-order valence-corrected chi connectivity index (χ3v) is 8.34. The molecule has 2 heterocycles. The van der Waals surface area contributed by atoms with E-state index in [2.05, 4.69) is 6.92 Å². The van der Waals surface area contributed by atoms with Crippen molar-refractivity contribution in [1.82, 2.24) is 4.31 Å². The number of hydrogen-bond acceptors (Lipinski definition) is 4. The Bertz CT molecular complexity index is 1090. The van der Waals surface area contributed by atoms with Crippen LogP contribution in [-0.2, 0) is 14.8 Å². The van der Waals surface area contributed by atoms with Gasteiger partial charge in [0.1, 0.15) is 6.04 Å². The maximum Gasteiger partial charge on any atom is 0.245 e. The average molecular weight is 441 g/mol. The van der Waals surface area contributed by atoms with Gasteiger partial charge in [0.05, 0.1) is 4.90 Å². The first-order chi connectivity index (χ1) is 14.8. The van der Waals surface area contributed by atoms with Crippen molar-refractivity contribution in [1.29, 1.82) is 0 Å². The molecule has 0 aromatic heterocycles. The number of Topliss-reactive ketones (excluding diaryl/α,β-unsaturated/α-hetero) is 1. The first-order valence-corrected chi connectivity index (χ1v) is 12.3. The predicted molar refractivity (Wildman–Crippen MR) is 120 cm³/mol. The maximum absolute atomic E-state index is 13.6. The lowest BCUT2D eigenvalue weighted by atomic mass is 9.90. The fourth-order valence-corrected chi connectivity index (χ4v) is 6.24. The van der Waals surface area contributed by atoms with Crippen LogP contribution in [0.1, 0.15) is 61.4 Å². The molecule has 0 bridgehead atoms. The van der Waals surface area contributed by atoms with Gasteiger partial charge in [-0.1, -0.05) is 43.7 Å². The van der Waals surface area contributed by atoms with Crippen LogP contribution in [0.25, 0.3) is 0 Å². The topological polar surface area (TPSA) is 74.8 Å². The van der Waals surface area contributed by atoms with Crippen LogP contribution < -0.4 is 4.90 Å². The number of benzene rings is 2. The Kier molecular flexibility index (Phi) is 5.99. The van der Waals surface area contributed by atoms with Gasteiger partial charge in [0.2, 0.25) is 15.9 Å². The number of carbonyl (C=O) groups excluding carboxylic acids is 2. The van der Waals surface area contributed by atoms with Crippen LogP contribution in [0.3, 0.4) is 0 Å². The van der Waals surface area contributed by atoms with Crippen molar-refractivity contribution in [2.45, 2.75) is 56.4 Å². The fourth-order valence-electron chi connectivity index (χ4n) is 4.59. The number of piperidine rings is 1. The van der Waals surface area contributed by atoms with E-state index < -0.39 is 16.1 Å². The molecule has 6 nitrogen and oxygen atoms in total. The summed E-state index contributed by atoms with van der Waals surface area (Å²) in [4.78, 5) is 27.1. The Morgan fingerprint density at radius 3 is 2.35 bits per heavy atom. The summed E-state index contributed by atoms with van der Waals surface area (Å²) in [5, 5.41) is 0. The lowest BCUT2D eigenvalue weighted by Gasteiger charge is -2.39. The van der Waals surface area contributed by atoms with Crippen molar-refractivity contribution in [3.63, 3.8) is 0 Å². The molecule has 0 spiro atoms. The van der Waals surface area contributed by atoms with Gasteiger partial charge in [-0.25, -0.2) is 8.42 Å². The van der Waals surface area contributed by atoms with Crippen molar-refractivity contribution < 1.29 is 18.0 Å². The third kappa shape index (κ3) is 4.04. The molecule has 1 saturated heterocycles. The number of fused-ring (bicyclic) bond motifs is 1. The minimum Gasteiger partial charge on any atom is -0.311 e. The molecule has 1 amide bonds. The number of rotatable bonds is 4. The van der Waals surface area contributed by atoms with E-state index in [-0.39, 0.29) is 16.6 Å². The quantitative estimate of drug-likeness (QED) is 0.674. The molecule has 4 rings (SSSR count). The number of anilines is 1. The smallest absolute Gasteiger partial charge is 0.245 e. The molecule has 2 aromatic rings. The highest BCUT2D eigenvalue weighted by atomic mass is 32.2. The van der Waals surface area contributed by atoms with Gasteiger partial charge in [-0.2, -0.15) is 4.31 Å². The van der Waals surface area contributed by atoms with Gasteiger partial charge in [0.25, 0.3) is 0 Å². The average Bonchev–Trinajstić information content (AvgIpc) is 2.79. The van der Waals surface area contributed by atoms with Crippen molar-refractivity contribution in [3.05, 3.63) is 59.7 Å². The SMILES string of the molecule is CC(=O)c1ccc(S(=O)(=O)N2CCCCC2C(=O)N2CCC(C)c3ccccc32)cc1. The third-order valence-electron chi connectivity index (χ3n) is 6.42. The number of carbonyl (C=O) groups is 2. The Morgan fingerprint density at radius 2 is 1.65 bits per heavy atom. The van der Waals surface area contributed by atoms with Gasteiger partial charge in [-0.3, -0.25) is 9.59 Å². The second-order valence-corrected chi connectivity index (χ2v) is 10.3. The molecule has 0 N–H and O–H groups in total. The van der Waals surface area contributed by atoms with E-state index in [0.717, 1.165) is 30.5 Å². The van der Waals surface area contributed by atoms with E-state index >= 15 is 0 Å². The lowest BCUT2D eigenvalue weighted by Crippen LogP contribution is -2.54. The van der Waals surface area contributed by atoms with Crippen molar-refractivity contribution in [2.24, 2.45) is 0 Å². The van der Waals surface area contributed by atoms with E-state index in [9.17, 15) is 18.0 Å². The Morgan fingerprint density at radius 1 is 0.935 bits per heavy atom. The molecule has 2 unspecified atom stereocenters. The van der Waals surface area contributed by atoms with Gasteiger partial charge in [0.15, 0.2) is 5.78 Å². The van der Waals surface area contributed by atoms with E-state index in [4.69, 9.17) is 0 Å². The fraction of sp³-hybridized carbons (Fsp3) is 0.417. The summed E-state index contributed by atoms with van der Waals surface area (Å²) in [6.45, 7) is 4.51. The minimum absolute atomic E-state index is 0.116. The Balaban J connectivity index is 1.65. The molecule has 0 aliphatic carbocycles. The zero-order valence-corrected chi connectivity index (χ0v) is 18.8. The predicted octanol–water partition coefficient (Wildman–Crippen LogP) is 3.97. The van der Waals surface area contributed by atoms with Gasteiger partial charge in [-0.05, 0) is 55.9 Å². The highest BCUT2D eigenvalue weighted by molar-refractivity contribution is 7.89. The summed E-state index contributed by atoms with van der Waals surface area (Å²) < 4.78 is 28.2. The minimum atomic E-state index is -3.85. The van der Waals surface area contributed by atoms with E-state index in [1.807, 2.05) is 24.3 Å². The maximum atomic E-state index is 13.6. The van der Waals surface area contributed by atoms with Gasteiger partial charge >= 0.3 is 0 Å². The molecule has 7 heteroatoms. The van der Waals surface area contributed by atoms with Crippen molar-refractivity contribution >= 4 is 27.4 Å². The number of sulfonamides is 1. The molecular weight excluding hydrogens is 412 g/mol. The van der Waals surface area contributed by atoms with Crippen molar-refractivity contribution in [3.8, 4) is 0 Å². The Hall–Kier alpha value is -2.51. The molecule has 164 valence electrons. The number of ketones is 1. The van der Waals surface area contributed by atoms with Crippen LogP contribution in [0.5, 0.6) is 0 Å². The number of nitrogens with zero attached hydrogens (tertiary/aromatic N) is 2. The number of hydrogen-bond donors (Lipinski definition) is 0. The first-order valence-electron chi connectivity index (χ1n) is 10.8. The van der Waals surface area contributed by atoms with Crippen LogP contribution in [0.4, 0.5) is 5.69 Å². The molecule has 2 atom stereocenters. The van der Waals surface area contributed by atoms with Gasteiger partial charge in [-0.15, -0.1) is 0 Å². The standard InChI is InChI=1S/C24H28N2O4S/c1-17-14-16-25(22-8-4-3-7-21(17)22)24(28)23-9-5-6-15-26(23)31(29,30)20-12-10-19(11-13-20)18(2)27/h3-4,7-8,10-13,17,23H,5-6,9,14-16H2,1-2H3. The van der Waals surface area contributed by atoms with Gasteiger partial charge < -0.3 is 4.90 Å². The second-order valence-electron chi connectivity index (χ2n) is 8.45. The van der Waals surface area contributed by atoms with Crippen LogP contribution in [-0.4, -0.2) is 43.5 Å². The summed E-state index contributed by atoms with van der Waals surface area (Å²) in [5.41, 5.74) is 2.48. The summed E-state index contributed by atoms with van der Waals surface area (Å²) in [5.74, 6) is 0.0992. The molecule has 2 aliphatic rings. The molecule has 2 aliphatic heterocycles. The molecular formula is C24H28N2O4S. The van der Waals surface area contributed by atoms with Crippen LogP contribution in [0.15, 0.2) is 53.4 Å². The summed E-state index contributed by atoms with van der Waals surface area (Å²) in [6, 6.07) is 13.1. The molecule has 0 radical (unpaired) electrons. The highest BCUT2D eigenvalue weighted by Crippen LogP contribution is 2.36. The van der Waals surface area contributed by atoms with E-state index in [1.54, 1.807) is 4.90 Å². The first kappa shape index (κ1) is 21.7. The largest absolute Gasteiger partial charge is 0.311 e. The zero-order chi connectivity index (χ0) is 22.2. The van der Waals surface area contributed by atoms with Crippen LogP contribution >= 0.6 is 0 Å². The number of amides is 1. The lowest BCUT2D eigenvalue weighted by molar-refractivity contribution is -0.123. The summed E-state index contributed by atoms with van der Waals surface area (Å²) >= 11 is 0. The van der Waals surface area contributed by atoms with Gasteiger partial charge in [0, 0.05) is 24.3 Å². The van der Waals surface area contributed by atoms with Crippen LogP contribution in [0, 0.1) is 0 Å². The van der Waals surface area contributed by atoms with Crippen molar-refractivity contribution in [2.75, 3.05) is 18.0 Å². The summed E-state index contributed by atoms with van der Waals surface area (Å²) in [6.07, 6.45) is 2.91. The highest BCUT2D eigenvalue weighted by Gasteiger charge is 2.41. The molecule has 1 fully saturated rings. The van der Waals surface area contributed by atoms with Crippen LogP contribution in [0.2, 0.25) is 0 Å². The van der Waals surface area contributed by atoms with E-state index in [1.165, 1.54) is 35.5 Å². The number of para-hydroxylation sites is 1. The zero-order valence-electron chi connectivity index (χ0n) is 18.0. The summed E-state index contributed by atoms with van der Waals surface area (Å²) in [7, 11) is -3.85. The monoisotopic (exact) mass is 440 g/mol. The Labute approximate surface area is 183 Å². The molecule has 31 heavy (non-hydrogen) atoms. The molecule has 2 aromatic carbocycles. The van der Waals surface area contributed by atoms with E-state index in [0.29, 0.717) is 31.0 Å². The molecule has 0 saturated carbocycles. The second kappa shape index (κ2) is 8.55. The normalized spacial score (nSPS) is 22.1.